The van der Waals surface area contributed by atoms with E-state index in [0.29, 0.717) is 11.3 Å². The number of nitrogens with zero attached hydrogens (tertiary/aromatic N) is 2. The van der Waals surface area contributed by atoms with Crippen LogP contribution >= 0.6 is 24.0 Å². The molecule has 0 atom stereocenters. The molecule has 142 valence electrons. The molecule has 1 spiro atoms. The monoisotopic (exact) mass is 461 g/mol. The summed E-state index contributed by atoms with van der Waals surface area (Å²) in [5.41, 5.74) is 0.444. The van der Waals surface area contributed by atoms with Crippen LogP contribution in [0.5, 0.6) is 0 Å². The number of halogens is 1. The van der Waals surface area contributed by atoms with Gasteiger partial charge in [-0.15, -0.1) is 24.0 Å². The summed E-state index contributed by atoms with van der Waals surface area (Å²) < 4.78 is 11.0. The van der Waals surface area contributed by atoms with E-state index in [-0.39, 0.29) is 24.0 Å². The first-order valence-electron chi connectivity index (χ1n) is 9.30. The van der Waals surface area contributed by atoms with Gasteiger partial charge in [-0.1, -0.05) is 13.8 Å². The number of rotatable bonds is 5. The third kappa shape index (κ3) is 5.88. The van der Waals surface area contributed by atoms with Crippen molar-refractivity contribution >= 4 is 29.9 Å². The van der Waals surface area contributed by atoms with E-state index in [1.54, 1.807) is 6.26 Å². The van der Waals surface area contributed by atoms with Gasteiger partial charge in [0.05, 0.1) is 6.26 Å². The van der Waals surface area contributed by atoms with E-state index < -0.39 is 0 Å². The fourth-order valence-corrected chi connectivity index (χ4v) is 3.62. The van der Waals surface area contributed by atoms with E-state index in [0.717, 1.165) is 57.5 Å². The van der Waals surface area contributed by atoms with Crippen LogP contribution in [0.4, 0.5) is 0 Å². The van der Waals surface area contributed by atoms with E-state index in [2.05, 4.69) is 24.1 Å². The highest BCUT2D eigenvalue weighted by atomic mass is 127. The first-order chi connectivity index (χ1) is 11.7. The Labute approximate surface area is 168 Å². The van der Waals surface area contributed by atoms with Gasteiger partial charge in [0.25, 0.3) is 0 Å². The summed E-state index contributed by atoms with van der Waals surface area (Å²) in [5, 5.41) is 3.56. The van der Waals surface area contributed by atoms with Gasteiger partial charge in [-0.3, -0.25) is 4.99 Å². The number of likely N-dealkylation sites (tertiary alicyclic amines) is 1. The van der Waals surface area contributed by atoms with Gasteiger partial charge in [-0.05, 0) is 42.7 Å². The molecule has 2 fully saturated rings. The van der Waals surface area contributed by atoms with E-state index in [1.165, 1.54) is 19.3 Å². The molecule has 1 aromatic heterocycles. The van der Waals surface area contributed by atoms with Crippen LogP contribution in [0.25, 0.3) is 0 Å². The van der Waals surface area contributed by atoms with Gasteiger partial charge in [-0.2, -0.15) is 0 Å². The highest BCUT2D eigenvalue weighted by Crippen LogP contribution is 2.39. The summed E-state index contributed by atoms with van der Waals surface area (Å²) in [5.74, 6) is 2.66. The summed E-state index contributed by atoms with van der Waals surface area (Å²) >= 11 is 0. The van der Waals surface area contributed by atoms with Crippen LogP contribution in [0.1, 0.15) is 38.9 Å². The summed E-state index contributed by atoms with van der Waals surface area (Å²) in [7, 11) is 0. The molecule has 0 aromatic carbocycles. The van der Waals surface area contributed by atoms with Gasteiger partial charge < -0.3 is 19.4 Å². The lowest BCUT2D eigenvalue weighted by atomic mass is 9.80. The largest absolute Gasteiger partial charge is 0.469 e. The molecule has 0 amide bonds. The molecule has 0 aliphatic carbocycles. The van der Waals surface area contributed by atoms with Gasteiger partial charge in [0.1, 0.15) is 5.76 Å². The zero-order valence-corrected chi connectivity index (χ0v) is 17.8. The molecular formula is C19H32IN3O2. The average molecular weight is 461 g/mol. The maximum atomic E-state index is 5.56. The highest BCUT2D eigenvalue weighted by molar-refractivity contribution is 14.0. The topological polar surface area (TPSA) is 50.0 Å². The van der Waals surface area contributed by atoms with Gasteiger partial charge >= 0.3 is 0 Å². The van der Waals surface area contributed by atoms with Crippen LogP contribution in [-0.2, 0) is 11.2 Å². The lowest BCUT2D eigenvalue weighted by Crippen LogP contribution is -2.43. The lowest BCUT2D eigenvalue weighted by molar-refractivity contribution is 0.0217. The Bertz CT molecular complexity index is 525. The van der Waals surface area contributed by atoms with Crippen molar-refractivity contribution in [3.05, 3.63) is 24.2 Å². The maximum absolute atomic E-state index is 5.56. The van der Waals surface area contributed by atoms with E-state index >= 15 is 0 Å². The Hall–Kier alpha value is -0.760. The summed E-state index contributed by atoms with van der Waals surface area (Å²) in [6.45, 7) is 10.2. The molecule has 1 N–H and O–H groups in total. The molecule has 3 rings (SSSR count). The quantitative estimate of drug-likeness (QED) is 0.414. The molecule has 2 aliphatic heterocycles. The fourth-order valence-electron chi connectivity index (χ4n) is 3.62. The smallest absolute Gasteiger partial charge is 0.193 e. The number of nitrogens with one attached hydrogen (secondary N) is 1. The van der Waals surface area contributed by atoms with Crippen molar-refractivity contribution in [3.8, 4) is 0 Å². The van der Waals surface area contributed by atoms with Gasteiger partial charge in [0.2, 0.25) is 0 Å². The third-order valence-corrected chi connectivity index (χ3v) is 5.13. The van der Waals surface area contributed by atoms with Crippen LogP contribution in [-0.4, -0.2) is 50.3 Å². The third-order valence-electron chi connectivity index (χ3n) is 5.13. The van der Waals surface area contributed by atoms with Crippen molar-refractivity contribution in [1.82, 2.24) is 10.2 Å². The first kappa shape index (κ1) is 20.6. The molecule has 25 heavy (non-hydrogen) atoms. The van der Waals surface area contributed by atoms with E-state index in [1.807, 2.05) is 12.1 Å². The van der Waals surface area contributed by atoms with Crippen LogP contribution in [0.3, 0.4) is 0 Å². The number of hydrogen-bond donors (Lipinski definition) is 1. The molecule has 1 aromatic rings. The summed E-state index contributed by atoms with van der Waals surface area (Å²) in [6.07, 6.45) is 6.26. The van der Waals surface area contributed by atoms with Gasteiger partial charge in [0.15, 0.2) is 5.96 Å². The molecule has 2 saturated heterocycles. The van der Waals surface area contributed by atoms with Crippen molar-refractivity contribution in [3.63, 3.8) is 0 Å². The van der Waals surface area contributed by atoms with Crippen molar-refractivity contribution < 1.29 is 9.15 Å². The zero-order valence-electron chi connectivity index (χ0n) is 15.5. The second-order valence-corrected chi connectivity index (χ2v) is 7.60. The van der Waals surface area contributed by atoms with Crippen LogP contribution < -0.4 is 5.32 Å². The normalized spacial score (nSPS) is 20.1. The molecule has 0 radical (unpaired) electrons. The predicted molar refractivity (Wildman–Crippen MR) is 112 cm³/mol. The fraction of sp³-hybridized carbons (Fsp3) is 0.737. The molecule has 0 bridgehead atoms. The Morgan fingerprint density at radius 2 is 2.12 bits per heavy atom. The van der Waals surface area contributed by atoms with E-state index in [9.17, 15) is 0 Å². The van der Waals surface area contributed by atoms with Gasteiger partial charge in [0, 0.05) is 45.8 Å². The number of aliphatic imine (C=N–C) groups is 1. The molecule has 6 heteroatoms. The molecule has 5 nitrogen and oxygen atoms in total. The highest BCUT2D eigenvalue weighted by Gasteiger charge is 2.40. The number of ether oxygens (including phenoxy) is 1. The Balaban J connectivity index is 0.00000225. The van der Waals surface area contributed by atoms with Crippen LogP contribution in [0.15, 0.2) is 27.8 Å². The number of guanidine groups is 1. The molecular weight excluding hydrogens is 429 g/mol. The standard InChI is InChI=1S/C19H31N3O2.HI/c1-16(2)14-21-18(20-9-5-17-4-3-11-24-17)22-10-6-19(15-22)7-12-23-13-8-19;/h3-4,11,16H,5-10,12-15H2,1-2H3,(H,20,21);1H. The zero-order chi connectivity index (χ0) is 16.8. The maximum Gasteiger partial charge on any atom is 0.193 e. The van der Waals surface area contributed by atoms with Crippen molar-refractivity contribution in [2.75, 3.05) is 39.4 Å². The lowest BCUT2D eigenvalue weighted by Gasteiger charge is -2.33. The minimum atomic E-state index is 0. The predicted octanol–water partition coefficient (Wildman–Crippen LogP) is 3.54. The van der Waals surface area contributed by atoms with Crippen molar-refractivity contribution in [1.29, 1.82) is 0 Å². The number of furan rings is 1. The number of hydrogen-bond acceptors (Lipinski definition) is 3. The Morgan fingerprint density at radius 3 is 2.80 bits per heavy atom. The molecule has 2 aliphatic rings. The summed E-state index contributed by atoms with van der Waals surface area (Å²) in [4.78, 5) is 7.33. The van der Waals surface area contributed by atoms with E-state index in [4.69, 9.17) is 14.1 Å². The first-order valence-corrected chi connectivity index (χ1v) is 9.30. The van der Waals surface area contributed by atoms with Crippen molar-refractivity contribution in [2.24, 2.45) is 16.3 Å². The molecule has 3 heterocycles. The summed E-state index contributed by atoms with van der Waals surface area (Å²) in [6, 6.07) is 3.97. The Kier molecular flexibility index (Phi) is 8.06. The SMILES string of the molecule is CC(C)CN=C(NCCc1ccco1)N1CCC2(CCOCC2)C1.I. The molecule has 0 unspecified atom stereocenters. The van der Waals surface area contributed by atoms with Gasteiger partial charge in [-0.25, -0.2) is 0 Å². The minimum Gasteiger partial charge on any atom is -0.469 e. The molecule has 0 saturated carbocycles. The second-order valence-electron chi connectivity index (χ2n) is 7.60. The second kappa shape index (κ2) is 9.80. The van der Waals surface area contributed by atoms with Crippen LogP contribution in [0.2, 0.25) is 0 Å². The van der Waals surface area contributed by atoms with Crippen LogP contribution in [0, 0.1) is 11.3 Å². The van der Waals surface area contributed by atoms with Crippen molar-refractivity contribution in [2.45, 2.75) is 39.5 Å². The average Bonchev–Trinajstić information content (AvgIpc) is 3.22. The Morgan fingerprint density at radius 1 is 1.32 bits per heavy atom. The minimum absolute atomic E-state index is 0.